The third-order valence-corrected chi connectivity index (χ3v) is 3.58. The Labute approximate surface area is 156 Å². The summed E-state index contributed by atoms with van der Waals surface area (Å²) >= 11 is 0. The molecule has 0 aromatic heterocycles. The molecule has 23 heavy (non-hydrogen) atoms. The van der Waals surface area contributed by atoms with Gasteiger partial charge in [0.25, 0.3) is 0 Å². The van der Waals surface area contributed by atoms with E-state index in [-0.39, 0.29) is 47.2 Å². The van der Waals surface area contributed by atoms with Gasteiger partial charge in [-0.1, -0.05) is 20.8 Å². The molecule has 2 amide bonds. The van der Waals surface area contributed by atoms with E-state index in [1.807, 2.05) is 27.8 Å². The van der Waals surface area contributed by atoms with Crippen LogP contribution < -0.4 is 16.0 Å². The lowest BCUT2D eigenvalue weighted by Gasteiger charge is -2.31. The van der Waals surface area contributed by atoms with Gasteiger partial charge in [-0.25, -0.2) is 0 Å². The minimum Gasteiger partial charge on any atom is -0.355 e. The maximum Gasteiger partial charge on any atom is 0.225 e. The summed E-state index contributed by atoms with van der Waals surface area (Å²) in [4.78, 5) is 29.1. The first-order valence-electron chi connectivity index (χ1n) is 7.73. The zero-order valence-corrected chi connectivity index (χ0v) is 17.1. The van der Waals surface area contributed by atoms with Crippen LogP contribution in [0.2, 0.25) is 0 Å². The summed E-state index contributed by atoms with van der Waals surface area (Å²) in [6.45, 7) is 7.48. The number of piperidine rings is 1. The first-order chi connectivity index (χ1) is 10.2. The zero-order valence-electron chi connectivity index (χ0n) is 14.7. The zero-order chi connectivity index (χ0) is 16.8. The lowest BCUT2D eigenvalue weighted by atomic mass is 9.96. The predicted molar refractivity (Wildman–Crippen MR) is 103 cm³/mol. The minimum absolute atomic E-state index is 0. The summed E-state index contributed by atoms with van der Waals surface area (Å²) in [5.41, 5.74) is -0.376. The number of nitrogens with zero attached hydrogens (tertiary/aromatic N) is 2. The van der Waals surface area contributed by atoms with Gasteiger partial charge >= 0.3 is 0 Å². The number of hydrogen-bond acceptors (Lipinski definition) is 3. The number of carbonyl (C=O) groups is 2. The Bertz CT molecular complexity index is 434. The van der Waals surface area contributed by atoms with E-state index in [1.165, 1.54) is 0 Å². The average Bonchev–Trinajstić information content (AvgIpc) is 2.44. The molecule has 0 aromatic rings. The molecular formula is C15H30IN5O2. The van der Waals surface area contributed by atoms with E-state index >= 15 is 0 Å². The summed E-state index contributed by atoms with van der Waals surface area (Å²) in [5.74, 6) is 0.910. The van der Waals surface area contributed by atoms with Crippen molar-refractivity contribution in [2.45, 2.75) is 39.7 Å². The van der Waals surface area contributed by atoms with E-state index in [2.05, 4.69) is 20.9 Å². The maximum absolute atomic E-state index is 11.7. The Morgan fingerprint density at radius 3 is 2.43 bits per heavy atom. The first-order valence-corrected chi connectivity index (χ1v) is 7.73. The molecule has 0 bridgehead atoms. The summed E-state index contributed by atoms with van der Waals surface area (Å²) in [5, 5.41) is 9.36. The van der Waals surface area contributed by atoms with Crippen molar-refractivity contribution in [2.24, 2.45) is 10.4 Å². The van der Waals surface area contributed by atoms with Crippen molar-refractivity contribution < 1.29 is 9.59 Å². The van der Waals surface area contributed by atoms with Crippen LogP contribution in [0.5, 0.6) is 0 Å². The molecule has 1 aliphatic heterocycles. The molecule has 1 saturated heterocycles. The van der Waals surface area contributed by atoms with Crippen LogP contribution in [0.1, 0.15) is 33.6 Å². The van der Waals surface area contributed by atoms with Gasteiger partial charge in [-0.3, -0.25) is 14.6 Å². The van der Waals surface area contributed by atoms with Crippen LogP contribution in [0.4, 0.5) is 0 Å². The van der Waals surface area contributed by atoms with Crippen LogP contribution in [0, 0.1) is 5.41 Å². The van der Waals surface area contributed by atoms with E-state index in [9.17, 15) is 9.59 Å². The van der Waals surface area contributed by atoms with Crippen LogP contribution in [-0.2, 0) is 9.59 Å². The van der Waals surface area contributed by atoms with E-state index in [1.54, 1.807) is 11.9 Å². The molecule has 1 heterocycles. The molecule has 0 radical (unpaired) electrons. The number of rotatable bonds is 4. The Morgan fingerprint density at radius 1 is 1.30 bits per heavy atom. The number of halogens is 1. The van der Waals surface area contributed by atoms with Crippen LogP contribution in [0.3, 0.4) is 0 Å². The second-order valence-electron chi connectivity index (χ2n) is 6.66. The number of guanidine groups is 1. The van der Waals surface area contributed by atoms with Crippen molar-refractivity contribution in [3.63, 3.8) is 0 Å². The Balaban J connectivity index is 0.00000484. The molecule has 0 spiro atoms. The minimum atomic E-state index is -0.376. The van der Waals surface area contributed by atoms with Gasteiger partial charge in [0, 0.05) is 51.6 Å². The van der Waals surface area contributed by atoms with Crippen molar-refractivity contribution in [2.75, 3.05) is 33.7 Å². The van der Waals surface area contributed by atoms with E-state index in [0.29, 0.717) is 32.0 Å². The maximum atomic E-state index is 11.7. The second kappa shape index (κ2) is 9.94. The van der Waals surface area contributed by atoms with Crippen molar-refractivity contribution >= 4 is 41.8 Å². The third kappa shape index (κ3) is 7.85. The average molecular weight is 439 g/mol. The highest BCUT2D eigenvalue weighted by atomic mass is 127. The standard InChI is InChI=1S/C15H29N5O2.HI/c1-15(2,3)13(22)17-8-9-18-14(16-4)19-11-6-7-12(21)20(5)10-11;/h11H,6-10H2,1-5H3,(H,17,22)(H2,16,18,19);1H. The fourth-order valence-electron chi connectivity index (χ4n) is 2.14. The molecule has 1 unspecified atom stereocenters. The molecule has 1 atom stereocenters. The lowest BCUT2D eigenvalue weighted by molar-refractivity contribution is -0.132. The molecule has 0 saturated carbocycles. The summed E-state index contributed by atoms with van der Waals surface area (Å²) in [6, 6.07) is 0.207. The smallest absolute Gasteiger partial charge is 0.225 e. The van der Waals surface area contributed by atoms with Gasteiger partial charge in [-0.05, 0) is 6.42 Å². The Hall–Kier alpha value is -1.06. The van der Waals surface area contributed by atoms with E-state index < -0.39 is 0 Å². The summed E-state index contributed by atoms with van der Waals surface area (Å²) < 4.78 is 0. The molecule has 1 rings (SSSR count). The monoisotopic (exact) mass is 439 g/mol. The highest BCUT2D eigenvalue weighted by Crippen LogP contribution is 2.12. The lowest BCUT2D eigenvalue weighted by Crippen LogP contribution is -2.52. The molecule has 0 aliphatic carbocycles. The molecule has 3 N–H and O–H groups in total. The fraction of sp³-hybridized carbons (Fsp3) is 0.800. The van der Waals surface area contributed by atoms with Crippen molar-refractivity contribution in [3.8, 4) is 0 Å². The van der Waals surface area contributed by atoms with Crippen LogP contribution in [0.25, 0.3) is 0 Å². The van der Waals surface area contributed by atoms with Crippen molar-refractivity contribution in [1.82, 2.24) is 20.9 Å². The van der Waals surface area contributed by atoms with E-state index in [0.717, 1.165) is 6.42 Å². The Morgan fingerprint density at radius 2 is 1.91 bits per heavy atom. The quantitative estimate of drug-likeness (QED) is 0.259. The van der Waals surface area contributed by atoms with Gasteiger partial charge in [0.1, 0.15) is 0 Å². The molecule has 0 aromatic carbocycles. The van der Waals surface area contributed by atoms with Crippen LogP contribution in [0.15, 0.2) is 4.99 Å². The number of amides is 2. The fourth-order valence-corrected chi connectivity index (χ4v) is 2.14. The van der Waals surface area contributed by atoms with Gasteiger partial charge in [-0.15, -0.1) is 24.0 Å². The summed E-state index contributed by atoms with van der Waals surface area (Å²) in [7, 11) is 3.52. The number of hydrogen-bond donors (Lipinski definition) is 3. The van der Waals surface area contributed by atoms with Gasteiger partial charge in [-0.2, -0.15) is 0 Å². The predicted octanol–water partition coefficient (Wildman–Crippen LogP) is 0.552. The van der Waals surface area contributed by atoms with Crippen molar-refractivity contribution in [1.29, 1.82) is 0 Å². The molecule has 134 valence electrons. The highest BCUT2D eigenvalue weighted by molar-refractivity contribution is 14.0. The van der Waals surface area contributed by atoms with Gasteiger partial charge in [0.15, 0.2) is 5.96 Å². The summed E-state index contributed by atoms with van der Waals surface area (Å²) in [6.07, 6.45) is 1.37. The number of nitrogens with one attached hydrogen (secondary N) is 3. The third-order valence-electron chi connectivity index (χ3n) is 3.58. The van der Waals surface area contributed by atoms with E-state index in [4.69, 9.17) is 0 Å². The second-order valence-corrected chi connectivity index (χ2v) is 6.66. The molecule has 1 fully saturated rings. The molecule has 7 nitrogen and oxygen atoms in total. The number of likely N-dealkylation sites (N-methyl/N-ethyl adjacent to an activating group) is 1. The van der Waals surface area contributed by atoms with Gasteiger partial charge in [0.05, 0.1) is 0 Å². The number of aliphatic imine (C=N–C) groups is 1. The number of carbonyl (C=O) groups excluding carboxylic acids is 2. The van der Waals surface area contributed by atoms with Gasteiger partial charge < -0.3 is 20.9 Å². The highest BCUT2D eigenvalue weighted by Gasteiger charge is 2.23. The van der Waals surface area contributed by atoms with Crippen LogP contribution >= 0.6 is 24.0 Å². The largest absolute Gasteiger partial charge is 0.355 e. The first kappa shape index (κ1) is 21.9. The van der Waals surface area contributed by atoms with Crippen LogP contribution in [-0.4, -0.2) is 62.4 Å². The molecule has 1 aliphatic rings. The molecule has 8 heteroatoms. The topological polar surface area (TPSA) is 85.8 Å². The Kier molecular flexibility index (Phi) is 9.48. The van der Waals surface area contributed by atoms with Gasteiger partial charge in [0.2, 0.25) is 11.8 Å². The SMILES string of the molecule is CN=C(NCCNC(=O)C(C)(C)C)NC1CCC(=O)N(C)C1.I. The molecular weight excluding hydrogens is 409 g/mol. The normalized spacial score (nSPS) is 19.0. The van der Waals surface area contributed by atoms with Crippen molar-refractivity contribution in [3.05, 3.63) is 0 Å². The number of likely N-dealkylation sites (tertiary alicyclic amines) is 1.